The van der Waals surface area contributed by atoms with Crippen LogP contribution >= 0.6 is 0 Å². The maximum atomic E-state index is 14.3. The Morgan fingerprint density at radius 3 is 2.43 bits per heavy atom. The SMILES string of the molecule is Cc1oc(=O)oc1COC(=O)N[C@H](CF)[C@H]1CC[C@H](C(=O)N2CC[C@@H](C3CCCCC3)[C@H]2C(=O)Nc2ccc3c(c2)cc2n3C3(CCC3)OC2=O)CC1. The lowest BCUT2D eigenvalue weighted by atomic mass is 9.76. The summed E-state index contributed by atoms with van der Waals surface area (Å²) in [5.41, 5.74) is 1.47. The molecule has 0 unspecified atom stereocenters. The highest BCUT2D eigenvalue weighted by atomic mass is 19.1. The summed E-state index contributed by atoms with van der Waals surface area (Å²) < 4.78 is 36.7. The fraction of sp³-hybridized carbons (Fsp3) is 0.615. The Morgan fingerprint density at radius 2 is 1.75 bits per heavy atom. The molecule has 3 aliphatic carbocycles. The molecule has 1 spiro atoms. The van der Waals surface area contributed by atoms with E-state index in [1.54, 1.807) is 4.90 Å². The Kier molecular flexibility index (Phi) is 9.56. The number of aryl methyl sites for hydroxylation is 1. The summed E-state index contributed by atoms with van der Waals surface area (Å²) in [7, 11) is 0. The number of aromatic nitrogens is 1. The first kappa shape index (κ1) is 35.4. The number of esters is 1. The van der Waals surface area contributed by atoms with E-state index in [2.05, 4.69) is 10.6 Å². The number of alkyl halides is 1. The number of hydrogen-bond donors (Lipinski definition) is 2. The van der Waals surface area contributed by atoms with Crippen LogP contribution in [0.15, 0.2) is 37.9 Å². The Labute approximate surface area is 305 Å². The molecule has 4 heterocycles. The Bertz CT molecular complexity index is 1950. The normalized spacial score (nSPS) is 25.8. The minimum atomic E-state index is -0.894. The molecule has 3 atom stereocenters. The molecular formula is C39H47FN4O9. The van der Waals surface area contributed by atoms with Crippen LogP contribution < -0.4 is 16.5 Å². The fourth-order valence-corrected chi connectivity index (χ4v) is 9.75. The van der Waals surface area contributed by atoms with Gasteiger partial charge in [0.2, 0.25) is 11.8 Å². The molecule has 2 N–H and O–H groups in total. The van der Waals surface area contributed by atoms with E-state index in [4.69, 9.17) is 18.3 Å². The molecule has 5 aliphatic rings. The molecule has 284 valence electrons. The van der Waals surface area contributed by atoms with Gasteiger partial charge in [-0.3, -0.25) is 14.2 Å². The van der Waals surface area contributed by atoms with E-state index in [0.717, 1.165) is 62.3 Å². The first-order valence-electron chi connectivity index (χ1n) is 19.2. The van der Waals surface area contributed by atoms with Gasteiger partial charge in [-0.2, -0.15) is 0 Å². The van der Waals surface area contributed by atoms with Crippen LogP contribution in [0.1, 0.15) is 105 Å². The first-order valence-corrected chi connectivity index (χ1v) is 19.2. The number of likely N-dealkylation sites (tertiary alicyclic amines) is 1. The standard InChI is InChI=1S/C39H47FN4O9/c1-22-32(52-38(49)51-22)21-50-37(48)42-29(20-40)24-8-10-25(11-9-24)35(46)43-17-14-28(23-6-3-2-4-7-23)33(43)34(45)41-27-12-13-30-26(18-27)19-31-36(47)53-39(44(30)31)15-5-16-39/h12-13,18-19,23-25,28-29,33H,2-11,14-17,20-21H2,1H3,(H,41,45)(H,42,48)/t24-,25-,28-,29+,33-/m0/s1. The number of hydrogen-bond acceptors (Lipinski definition) is 9. The molecule has 0 bridgehead atoms. The van der Waals surface area contributed by atoms with Crippen molar-refractivity contribution >= 4 is 40.5 Å². The van der Waals surface area contributed by atoms with E-state index in [-0.39, 0.29) is 53.7 Å². The highest BCUT2D eigenvalue weighted by Crippen LogP contribution is 2.48. The lowest BCUT2D eigenvalue weighted by Crippen LogP contribution is -2.50. The third-order valence-electron chi connectivity index (χ3n) is 12.7. The van der Waals surface area contributed by atoms with Crippen molar-refractivity contribution in [3.63, 3.8) is 0 Å². The number of carbonyl (C=O) groups excluding carboxylic acids is 4. The molecule has 53 heavy (non-hydrogen) atoms. The summed E-state index contributed by atoms with van der Waals surface area (Å²) in [4.78, 5) is 66.7. The van der Waals surface area contributed by atoms with Gasteiger partial charge in [0.25, 0.3) is 0 Å². The van der Waals surface area contributed by atoms with Crippen molar-refractivity contribution < 1.29 is 41.9 Å². The highest BCUT2D eigenvalue weighted by Gasteiger charge is 2.51. The number of carbonyl (C=O) groups is 4. The number of amides is 3. The summed E-state index contributed by atoms with van der Waals surface area (Å²) in [6, 6.07) is 6.15. The van der Waals surface area contributed by atoms with Crippen LogP contribution in [0.5, 0.6) is 0 Å². The molecule has 1 saturated heterocycles. The predicted octanol–water partition coefficient (Wildman–Crippen LogP) is 6.31. The number of benzene rings is 1. The number of halogens is 1. The largest absolute Gasteiger partial charge is 0.519 e. The maximum absolute atomic E-state index is 14.3. The highest BCUT2D eigenvalue weighted by molar-refractivity contribution is 6.02. The van der Waals surface area contributed by atoms with Crippen molar-refractivity contribution in [3.8, 4) is 0 Å². The predicted molar refractivity (Wildman–Crippen MR) is 189 cm³/mol. The zero-order chi connectivity index (χ0) is 36.9. The number of alkyl carbamates (subject to hydrolysis) is 1. The molecule has 2 aliphatic heterocycles. The van der Waals surface area contributed by atoms with Gasteiger partial charge >= 0.3 is 17.9 Å². The second-order valence-electron chi connectivity index (χ2n) is 15.7. The topological polar surface area (TPSA) is 162 Å². The summed E-state index contributed by atoms with van der Waals surface area (Å²) in [5.74, 6) is -1.20. The van der Waals surface area contributed by atoms with Gasteiger partial charge in [-0.1, -0.05) is 32.1 Å². The molecule has 0 radical (unpaired) electrons. The van der Waals surface area contributed by atoms with Gasteiger partial charge in [0.15, 0.2) is 23.9 Å². The third-order valence-corrected chi connectivity index (χ3v) is 12.7. The van der Waals surface area contributed by atoms with Gasteiger partial charge in [0.05, 0.1) is 11.6 Å². The van der Waals surface area contributed by atoms with E-state index >= 15 is 0 Å². The van der Waals surface area contributed by atoms with Crippen LogP contribution in [0.2, 0.25) is 0 Å². The number of rotatable bonds is 9. The monoisotopic (exact) mass is 734 g/mol. The van der Waals surface area contributed by atoms with Crippen molar-refractivity contribution in [3.05, 3.63) is 52.1 Å². The lowest BCUT2D eigenvalue weighted by molar-refractivity contribution is -0.142. The van der Waals surface area contributed by atoms with E-state index in [1.165, 1.54) is 13.3 Å². The van der Waals surface area contributed by atoms with Crippen molar-refractivity contribution in [1.82, 2.24) is 14.8 Å². The van der Waals surface area contributed by atoms with E-state index < -0.39 is 36.4 Å². The van der Waals surface area contributed by atoms with Gasteiger partial charge in [0, 0.05) is 36.4 Å². The number of nitrogens with one attached hydrogen (secondary N) is 2. The molecule has 3 amide bonds. The van der Waals surface area contributed by atoms with Crippen LogP contribution in [0.4, 0.5) is 14.9 Å². The average Bonchev–Trinajstić information content (AvgIpc) is 3.91. The quantitative estimate of drug-likeness (QED) is 0.240. The number of nitrogens with zero attached hydrogens (tertiary/aromatic N) is 2. The fourth-order valence-electron chi connectivity index (χ4n) is 9.75. The lowest BCUT2D eigenvalue weighted by Gasteiger charge is -2.38. The summed E-state index contributed by atoms with van der Waals surface area (Å²) in [5, 5.41) is 6.60. The zero-order valence-electron chi connectivity index (χ0n) is 30.0. The molecule has 3 aromatic rings. The van der Waals surface area contributed by atoms with Crippen molar-refractivity contribution in [2.45, 2.75) is 115 Å². The number of ether oxygens (including phenoxy) is 2. The van der Waals surface area contributed by atoms with Crippen LogP contribution in [0, 0.1) is 30.6 Å². The minimum absolute atomic E-state index is 0.0355. The van der Waals surface area contributed by atoms with Gasteiger partial charge in [-0.05, 0) is 87.5 Å². The average molecular weight is 735 g/mol. The van der Waals surface area contributed by atoms with Crippen LogP contribution in [0.25, 0.3) is 10.9 Å². The van der Waals surface area contributed by atoms with Crippen LogP contribution in [0.3, 0.4) is 0 Å². The van der Waals surface area contributed by atoms with Gasteiger partial charge in [0.1, 0.15) is 18.4 Å². The smallest absolute Gasteiger partial charge is 0.441 e. The maximum Gasteiger partial charge on any atom is 0.519 e. The second kappa shape index (κ2) is 14.3. The van der Waals surface area contributed by atoms with E-state index in [0.29, 0.717) is 49.5 Å². The molecule has 3 saturated carbocycles. The van der Waals surface area contributed by atoms with Crippen molar-refractivity contribution in [1.29, 1.82) is 0 Å². The van der Waals surface area contributed by atoms with Gasteiger partial charge in [-0.25, -0.2) is 18.8 Å². The van der Waals surface area contributed by atoms with Gasteiger partial charge < -0.3 is 33.8 Å². The Hall–Kier alpha value is -4.62. The molecule has 13 nitrogen and oxygen atoms in total. The zero-order valence-corrected chi connectivity index (χ0v) is 30.0. The Morgan fingerprint density at radius 1 is 0.981 bits per heavy atom. The Balaban J connectivity index is 0.927. The molecular weight excluding hydrogens is 687 g/mol. The van der Waals surface area contributed by atoms with E-state index in [1.807, 2.05) is 28.8 Å². The molecule has 8 rings (SSSR count). The van der Waals surface area contributed by atoms with Crippen LogP contribution in [-0.2, 0) is 31.4 Å². The molecule has 1 aromatic carbocycles. The van der Waals surface area contributed by atoms with Gasteiger partial charge in [-0.15, -0.1) is 0 Å². The summed E-state index contributed by atoms with van der Waals surface area (Å²) in [6.45, 7) is 0.913. The molecule has 14 heteroatoms. The molecule has 4 fully saturated rings. The van der Waals surface area contributed by atoms with Crippen molar-refractivity contribution in [2.24, 2.45) is 23.7 Å². The second-order valence-corrected chi connectivity index (χ2v) is 15.7. The first-order chi connectivity index (χ1) is 25.6. The van der Waals surface area contributed by atoms with E-state index in [9.17, 15) is 28.4 Å². The minimum Gasteiger partial charge on any atom is -0.441 e. The van der Waals surface area contributed by atoms with Crippen molar-refractivity contribution in [2.75, 3.05) is 18.5 Å². The summed E-state index contributed by atoms with van der Waals surface area (Å²) in [6.07, 6.45) is 10.2. The number of anilines is 1. The van der Waals surface area contributed by atoms with Crippen LogP contribution in [-0.4, -0.2) is 58.6 Å². The third kappa shape index (κ3) is 6.62. The molecule has 2 aromatic heterocycles. The summed E-state index contributed by atoms with van der Waals surface area (Å²) >= 11 is 0. The number of fused-ring (bicyclic) bond motifs is 4.